The number of carbonyl (C=O) groups is 1. The highest BCUT2D eigenvalue weighted by molar-refractivity contribution is 6.18. The first-order chi connectivity index (χ1) is 6.72. The molecule has 2 heterocycles. The van der Waals surface area contributed by atoms with E-state index in [0.29, 0.717) is 11.5 Å². The number of carboxylic acid groups (broad SMARTS) is 1. The van der Waals surface area contributed by atoms with Gasteiger partial charge in [0.25, 0.3) is 0 Å². The first-order valence-corrected chi connectivity index (χ1v) is 4.51. The highest BCUT2D eigenvalue weighted by Gasteiger charge is 2.09. The van der Waals surface area contributed by atoms with Crippen molar-refractivity contribution in [2.75, 3.05) is 0 Å². The van der Waals surface area contributed by atoms with E-state index in [1.807, 2.05) is 0 Å². The lowest BCUT2D eigenvalue weighted by Gasteiger charge is -1.94. The molecule has 0 aromatic carbocycles. The smallest absolute Gasteiger partial charge is 0.352 e. The molecule has 5 heteroatoms. The van der Waals surface area contributed by atoms with Crippen LogP contribution in [0.25, 0.3) is 11.0 Å². The summed E-state index contributed by atoms with van der Waals surface area (Å²) in [5.41, 5.74) is 1.56. The van der Waals surface area contributed by atoms with Crippen LogP contribution < -0.4 is 0 Å². The van der Waals surface area contributed by atoms with Crippen molar-refractivity contribution in [3.63, 3.8) is 0 Å². The number of fused-ring (bicyclic) bond motifs is 1. The van der Waals surface area contributed by atoms with E-state index in [-0.39, 0.29) is 5.69 Å². The molecule has 4 nitrogen and oxygen atoms in total. The van der Waals surface area contributed by atoms with E-state index < -0.39 is 5.97 Å². The molecular formula is C9H7ClN2O2. The van der Waals surface area contributed by atoms with E-state index in [0.717, 1.165) is 10.9 Å². The van der Waals surface area contributed by atoms with Crippen molar-refractivity contribution in [1.82, 2.24) is 9.97 Å². The Bertz CT molecular complexity index is 493. The van der Waals surface area contributed by atoms with Gasteiger partial charge in [0.1, 0.15) is 11.3 Å². The van der Waals surface area contributed by atoms with Crippen molar-refractivity contribution < 1.29 is 9.90 Å². The molecule has 2 aromatic rings. The lowest BCUT2D eigenvalue weighted by molar-refractivity contribution is 0.0691. The van der Waals surface area contributed by atoms with Crippen LogP contribution in [-0.2, 0) is 5.88 Å². The molecule has 0 spiro atoms. The van der Waals surface area contributed by atoms with Crippen molar-refractivity contribution in [2.45, 2.75) is 5.88 Å². The third kappa shape index (κ3) is 1.33. The molecule has 2 rings (SSSR count). The average Bonchev–Trinajstić information content (AvgIpc) is 2.60. The summed E-state index contributed by atoms with van der Waals surface area (Å²) >= 11 is 5.71. The van der Waals surface area contributed by atoms with Crippen molar-refractivity contribution in [3.8, 4) is 0 Å². The average molecular weight is 211 g/mol. The zero-order valence-corrected chi connectivity index (χ0v) is 7.88. The second kappa shape index (κ2) is 3.31. The van der Waals surface area contributed by atoms with Gasteiger partial charge in [-0.1, -0.05) is 0 Å². The van der Waals surface area contributed by atoms with Crippen LogP contribution in [0, 0.1) is 0 Å². The van der Waals surface area contributed by atoms with Crippen molar-refractivity contribution in [1.29, 1.82) is 0 Å². The molecule has 0 aliphatic carbocycles. The molecule has 0 atom stereocenters. The van der Waals surface area contributed by atoms with Crippen LogP contribution in [0.1, 0.15) is 16.1 Å². The third-order valence-corrected chi connectivity index (χ3v) is 2.28. The predicted molar refractivity (Wildman–Crippen MR) is 52.6 cm³/mol. The molecule has 0 bridgehead atoms. The Labute approximate surface area is 84.5 Å². The number of H-pyrrole nitrogens is 1. The number of aromatic carboxylic acids is 1. The number of aromatic amines is 1. The molecule has 0 amide bonds. The summed E-state index contributed by atoms with van der Waals surface area (Å²) in [6, 6.07) is 3.32. The monoisotopic (exact) mass is 210 g/mol. The number of nitrogens with one attached hydrogen (secondary N) is 1. The lowest BCUT2D eigenvalue weighted by atomic mass is 10.2. The van der Waals surface area contributed by atoms with E-state index in [1.54, 1.807) is 18.3 Å². The molecule has 0 aliphatic rings. The van der Waals surface area contributed by atoms with Crippen molar-refractivity contribution >= 4 is 28.6 Å². The molecule has 2 aromatic heterocycles. The Morgan fingerprint density at radius 2 is 2.43 bits per heavy atom. The van der Waals surface area contributed by atoms with E-state index >= 15 is 0 Å². The number of alkyl halides is 1. The molecular weight excluding hydrogens is 204 g/mol. The fourth-order valence-corrected chi connectivity index (χ4v) is 1.55. The molecule has 0 aliphatic heterocycles. The molecule has 0 radical (unpaired) electrons. The van der Waals surface area contributed by atoms with Crippen molar-refractivity contribution in [3.05, 3.63) is 29.6 Å². The van der Waals surface area contributed by atoms with Crippen LogP contribution >= 0.6 is 11.6 Å². The maximum Gasteiger partial charge on any atom is 0.352 e. The quantitative estimate of drug-likeness (QED) is 0.745. The maximum absolute atomic E-state index is 10.7. The van der Waals surface area contributed by atoms with E-state index in [2.05, 4.69) is 9.97 Å². The lowest BCUT2D eigenvalue weighted by Crippen LogP contribution is -1.94. The first kappa shape index (κ1) is 9.02. The second-order valence-electron chi connectivity index (χ2n) is 2.85. The molecule has 72 valence electrons. The molecule has 0 unspecified atom stereocenters. The Balaban J connectivity index is 2.70. The van der Waals surface area contributed by atoms with Gasteiger partial charge in [-0.2, -0.15) is 0 Å². The highest BCUT2D eigenvalue weighted by Crippen LogP contribution is 2.19. The Morgan fingerprint density at radius 3 is 3.07 bits per heavy atom. The SMILES string of the molecule is O=C(O)c1cc2c(CCl)ccnc2[nH]1. The molecule has 0 fully saturated rings. The van der Waals surface area contributed by atoms with Gasteiger partial charge in [0.2, 0.25) is 0 Å². The zero-order chi connectivity index (χ0) is 10.1. The number of nitrogens with zero attached hydrogens (tertiary/aromatic N) is 1. The minimum atomic E-state index is -0.997. The van der Waals surface area contributed by atoms with Gasteiger partial charge in [-0.25, -0.2) is 9.78 Å². The van der Waals surface area contributed by atoms with Crippen LogP contribution in [0.15, 0.2) is 18.3 Å². The number of rotatable bonds is 2. The molecule has 0 saturated heterocycles. The number of carboxylic acids is 1. The van der Waals surface area contributed by atoms with E-state index in [4.69, 9.17) is 16.7 Å². The molecule has 14 heavy (non-hydrogen) atoms. The predicted octanol–water partition coefficient (Wildman–Crippen LogP) is 2.00. The third-order valence-electron chi connectivity index (χ3n) is 2.00. The highest BCUT2D eigenvalue weighted by atomic mass is 35.5. The fraction of sp³-hybridized carbons (Fsp3) is 0.111. The van der Waals surface area contributed by atoms with Gasteiger partial charge in [0.05, 0.1) is 0 Å². The van der Waals surface area contributed by atoms with E-state index in [9.17, 15) is 4.79 Å². The maximum atomic E-state index is 10.7. The van der Waals surface area contributed by atoms with Crippen LogP contribution in [0.3, 0.4) is 0 Å². The standard InChI is InChI=1S/C9H7ClN2O2/c10-4-5-1-2-11-8-6(5)3-7(12-8)9(13)14/h1-3H,4H2,(H,11,12)(H,13,14). The summed E-state index contributed by atoms with van der Waals surface area (Å²) in [4.78, 5) is 17.4. The van der Waals surface area contributed by atoms with E-state index in [1.165, 1.54) is 0 Å². The number of hydrogen-bond acceptors (Lipinski definition) is 2. The van der Waals surface area contributed by atoms with Gasteiger partial charge in [0.15, 0.2) is 0 Å². The van der Waals surface area contributed by atoms with Gasteiger partial charge in [0, 0.05) is 17.5 Å². The zero-order valence-electron chi connectivity index (χ0n) is 7.12. The Morgan fingerprint density at radius 1 is 1.64 bits per heavy atom. The fourth-order valence-electron chi connectivity index (χ4n) is 1.31. The minimum absolute atomic E-state index is 0.130. The number of aromatic nitrogens is 2. The number of pyridine rings is 1. The van der Waals surface area contributed by atoms with Gasteiger partial charge in [-0.15, -0.1) is 11.6 Å². The number of hydrogen-bond donors (Lipinski definition) is 2. The topological polar surface area (TPSA) is 66.0 Å². The first-order valence-electron chi connectivity index (χ1n) is 3.98. The summed E-state index contributed by atoms with van der Waals surface area (Å²) < 4.78 is 0. The minimum Gasteiger partial charge on any atom is -0.477 e. The molecule has 2 N–H and O–H groups in total. The van der Waals surface area contributed by atoms with Crippen LogP contribution in [0.2, 0.25) is 0 Å². The van der Waals surface area contributed by atoms with Gasteiger partial charge < -0.3 is 10.1 Å². The van der Waals surface area contributed by atoms with Gasteiger partial charge in [-0.3, -0.25) is 0 Å². The largest absolute Gasteiger partial charge is 0.477 e. The summed E-state index contributed by atoms with van der Waals surface area (Å²) in [6.45, 7) is 0. The second-order valence-corrected chi connectivity index (χ2v) is 3.12. The van der Waals surface area contributed by atoms with Crippen LogP contribution in [0.4, 0.5) is 0 Å². The Kier molecular flexibility index (Phi) is 2.13. The van der Waals surface area contributed by atoms with Crippen molar-refractivity contribution in [2.24, 2.45) is 0 Å². The summed E-state index contributed by atoms with van der Waals surface area (Å²) in [7, 11) is 0. The van der Waals surface area contributed by atoms with Crippen LogP contribution in [-0.4, -0.2) is 21.0 Å². The molecule has 0 saturated carbocycles. The summed E-state index contributed by atoms with van der Waals surface area (Å²) in [5.74, 6) is -0.654. The van der Waals surface area contributed by atoms with Gasteiger partial charge in [-0.05, 0) is 17.7 Å². The number of halogens is 1. The summed E-state index contributed by atoms with van der Waals surface area (Å²) in [6.07, 6.45) is 1.60. The summed E-state index contributed by atoms with van der Waals surface area (Å²) in [5, 5.41) is 9.52. The Hall–Kier alpha value is -1.55. The normalized spacial score (nSPS) is 10.6. The van der Waals surface area contributed by atoms with Gasteiger partial charge >= 0.3 is 5.97 Å². The van der Waals surface area contributed by atoms with Crippen LogP contribution in [0.5, 0.6) is 0 Å².